The standard InChI is InChI=1S/C29H42N4O5/c1-6-19-11-10-12-20(16-19)25(26(35)31-21-13-8-7-9-14-21)33(23-15-18(23)2)27(36)22(17-24(30)34)32-28(37)38-29(3,4)5/h6,10-12,16,18,21-23,25H,1,7-9,13-15,17H2,2-5H3,(H2,30,34)(H,31,35)(H,32,37). The minimum absolute atomic E-state index is 0.0382. The number of nitrogens with zero attached hydrogens (tertiary/aromatic N) is 1. The maximum absolute atomic E-state index is 14.1. The Morgan fingerprint density at radius 1 is 1.18 bits per heavy atom. The highest BCUT2D eigenvalue weighted by atomic mass is 16.6. The zero-order valence-electron chi connectivity index (χ0n) is 23.0. The summed E-state index contributed by atoms with van der Waals surface area (Å²) in [4.78, 5) is 54.1. The van der Waals surface area contributed by atoms with Gasteiger partial charge in [0.2, 0.25) is 17.7 Å². The lowest BCUT2D eigenvalue weighted by atomic mass is 9.94. The summed E-state index contributed by atoms with van der Waals surface area (Å²) < 4.78 is 5.34. The third-order valence-corrected chi connectivity index (χ3v) is 7.01. The van der Waals surface area contributed by atoms with Crippen LogP contribution in [0.5, 0.6) is 0 Å². The quantitative estimate of drug-likeness (QED) is 0.427. The third kappa shape index (κ3) is 8.07. The second kappa shape index (κ2) is 12.5. The molecule has 4 N–H and O–H groups in total. The molecule has 2 saturated carbocycles. The fraction of sp³-hybridized carbons (Fsp3) is 0.586. The molecule has 38 heavy (non-hydrogen) atoms. The second-order valence-corrected chi connectivity index (χ2v) is 11.5. The summed E-state index contributed by atoms with van der Waals surface area (Å²) in [5.74, 6) is -1.42. The Labute approximate surface area is 225 Å². The Balaban J connectivity index is 2.00. The Kier molecular flexibility index (Phi) is 9.57. The van der Waals surface area contributed by atoms with Gasteiger partial charge in [-0.2, -0.15) is 0 Å². The van der Waals surface area contributed by atoms with Gasteiger partial charge >= 0.3 is 6.09 Å². The van der Waals surface area contributed by atoms with Crippen LogP contribution in [0.4, 0.5) is 4.79 Å². The first kappa shape index (κ1) is 29.2. The Bertz CT molecular complexity index is 1040. The number of amides is 4. The van der Waals surface area contributed by atoms with Crippen LogP contribution >= 0.6 is 0 Å². The molecule has 0 heterocycles. The van der Waals surface area contributed by atoms with Crippen molar-refractivity contribution in [2.75, 3.05) is 0 Å². The molecule has 2 aliphatic rings. The van der Waals surface area contributed by atoms with Crippen molar-refractivity contribution < 1.29 is 23.9 Å². The van der Waals surface area contributed by atoms with Gasteiger partial charge in [0.25, 0.3) is 0 Å². The second-order valence-electron chi connectivity index (χ2n) is 11.5. The number of ether oxygens (including phenoxy) is 1. The summed E-state index contributed by atoms with van der Waals surface area (Å²) in [6.07, 6.45) is 6.16. The van der Waals surface area contributed by atoms with E-state index in [9.17, 15) is 19.2 Å². The van der Waals surface area contributed by atoms with Crippen molar-refractivity contribution in [3.05, 3.63) is 42.0 Å². The predicted octanol–water partition coefficient (Wildman–Crippen LogP) is 3.83. The lowest BCUT2D eigenvalue weighted by Crippen LogP contribution is -2.55. The smallest absolute Gasteiger partial charge is 0.408 e. The molecule has 0 aliphatic heterocycles. The van der Waals surface area contributed by atoms with Gasteiger partial charge in [0.15, 0.2) is 0 Å². The van der Waals surface area contributed by atoms with Crippen LogP contribution in [0, 0.1) is 5.92 Å². The average molecular weight is 527 g/mol. The van der Waals surface area contributed by atoms with Crippen LogP contribution in [0.25, 0.3) is 6.08 Å². The number of nitrogens with two attached hydrogens (primary N) is 1. The van der Waals surface area contributed by atoms with E-state index in [0.29, 0.717) is 12.0 Å². The van der Waals surface area contributed by atoms with Crippen LogP contribution < -0.4 is 16.4 Å². The van der Waals surface area contributed by atoms with Crippen molar-refractivity contribution in [3.8, 4) is 0 Å². The predicted molar refractivity (Wildman–Crippen MR) is 146 cm³/mol. The summed E-state index contributed by atoms with van der Waals surface area (Å²) >= 11 is 0. The van der Waals surface area contributed by atoms with Gasteiger partial charge in [0.1, 0.15) is 17.7 Å². The van der Waals surface area contributed by atoms with Crippen molar-refractivity contribution in [2.24, 2.45) is 11.7 Å². The van der Waals surface area contributed by atoms with Gasteiger partial charge in [-0.3, -0.25) is 14.4 Å². The van der Waals surface area contributed by atoms with Gasteiger partial charge in [0.05, 0.1) is 6.42 Å². The first-order chi connectivity index (χ1) is 17.9. The number of alkyl carbamates (subject to hydrolysis) is 1. The molecule has 3 rings (SSSR count). The molecule has 0 aromatic heterocycles. The molecule has 9 nitrogen and oxygen atoms in total. The van der Waals surface area contributed by atoms with E-state index in [1.165, 1.54) is 4.90 Å². The number of primary amides is 1. The Morgan fingerprint density at radius 3 is 2.39 bits per heavy atom. The van der Waals surface area contributed by atoms with Crippen LogP contribution in [-0.4, -0.2) is 52.4 Å². The SMILES string of the molecule is C=Cc1cccc(C(C(=O)NC2CCCCC2)N(C(=O)C(CC(N)=O)NC(=O)OC(C)(C)C)C2CC2C)c1. The molecule has 0 saturated heterocycles. The van der Waals surface area contributed by atoms with Crippen molar-refractivity contribution in [1.82, 2.24) is 15.5 Å². The van der Waals surface area contributed by atoms with E-state index < -0.39 is 42.0 Å². The highest BCUT2D eigenvalue weighted by molar-refractivity contribution is 5.95. The first-order valence-electron chi connectivity index (χ1n) is 13.5. The van der Waals surface area contributed by atoms with E-state index in [0.717, 1.165) is 37.7 Å². The van der Waals surface area contributed by atoms with E-state index in [2.05, 4.69) is 17.2 Å². The molecule has 0 bridgehead atoms. The van der Waals surface area contributed by atoms with E-state index in [-0.39, 0.29) is 23.9 Å². The fourth-order valence-electron chi connectivity index (χ4n) is 5.02. The minimum Gasteiger partial charge on any atom is -0.444 e. The summed E-state index contributed by atoms with van der Waals surface area (Å²) in [6.45, 7) is 11.0. The number of carbonyl (C=O) groups excluding carboxylic acids is 4. The van der Waals surface area contributed by atoms with Gasteiger partial charge in [0, 0.05) is 12.1 Å². The molecule has 9 heteroatoms. The van der Waals surface area contributed by atoms with Crippen molar-refractivity contribution in [2.45, 2.75) is 102 Å². The zero-order chi connectivity index (χ0) is 28.0. The monoisotopic (exact) mass is 526 g/mol. The van der Waals surface area contributed by atoms with Gasteiger partial charge < -0.3 is 26.0 Å². The topological polar surface area (TPSA) is 131 Å². The first-order valence-corrected chi connectivity index (χ1v) is 13.5. The van der Waals surface area contributed by atoms with Gasteiger partial charge in [-0.05, 0) is 63.1 Å². The lowest BCUT2D eigenvalue weighted by Gasteiger charge is -2.36. The van der Waals surface area contributed by atoms with Crippen LogP contribution in [0.2, 0.25) is 0 Å². The van der Waals surface area contributed by atoms with Crippen molar-refractivity contribution in [3.63, 3.8) is 0 Å². The highest BCUT2D eigenvalue weighted by Crippen LogP contribution is 2.41. The summed E-state index contributed by atoms with van der Waals surface area (Å²) in [5.41, 5.74) is 6.12. The number of hydrogen-bond acceptors (Lipinski definition) is 5. The van der Waals surface area contributed by atoms with Gasteiger partial charge in [-0.25, -0.2) is 4.79 Å². The molecule has 2 fully saturated rings. The molecule has 2 aliphatic carbocycles. The van der Waals surface area contributed by atoms with Crippen molar-refractivity contribution in [1.29, 1.82) is 0 Å². The molecule has 0 spiro atoms. The number of benzene rings is 1. The third-order valence-electron chi connectivity index (χ3n) is 7.01. The molecule has 0 radical (unpaired) electrons. The summed E-state index contributed by atoms with van der Waals surface area (Å²) in [5, 5.41) is 5.71. The number of carbonyl (C=O) groups is 4. The number of nitrogens with one attached hydrogen (secondary N) is 2. The molecule has 4 unspecified atom stereocenters. The van der Waals surface area contributed by atoms with E-state index >= 15 is 0 Å². The van der Waals surface area contributed by atoms with Crippen LogP contribution in [0.1, 0.15) is 89.8 Å². The van der Waals surface area contributed by atoms with E-state index in [1.807, 2.05) is 31.2 Å². The van der Waals surface area contributed by atoms with Crippen LogP contribution in [0.15, 0.2) is 30.8 Å². The molecule has 1 aromatic rings. The number of hydrogen-bond donors (Lipinski definition) is 3. The van der Waals surface area contributed by atoms with Gasteiger partial charge in [-0.15, -0.1) is 0 Å². The summed E-state index contributed by atoms with van der Waals surface area (Å²) in [7, 11) is 0. The molecular formula is C29H42N4O5. The Hall–Kier alpha value is -3.36. The largest absolute Gasteiger partial charge is 0.444 e. The molecule has 4 amide bonds. The zero-order valence-corrected chi connectivity index (χ0v) is 23.0. The highest BCUT2D eigenvalue weighted by Gasteiger charge is 2.48. The van der Waals surface area contributed by atoms with Crippen LogP contribution in [0.3, 0.4) is 0 Å². The summed E-state index contributed by atoms with van der Waals surface area (Å²) in [6, 6.07) is 4.94. The minimum atomic E-state index is -1.28. The maximum atomic E-state index is 14.1. The average Bonchev–Trinajstić information content (AvgIpc) is 3.56. The Morgan fingerprint density at radius 2 is 1.84 bits per heavy atom. The maximum Gasteiger partial charge on any atom is 0.408 e. The van der Waals surface area contributed by atoms with Crippen LogP contribution in [-0.2, 0) is 19.1 Å². The fourth-order valence-corrected chi connectivity index (χ4v) is 5.02. The van der Waals surface area contributed by atoms with E-state index in [1.54, 1.807) is 26.8 Å². The lowest BCUT2D eigenvalue weighted by molar-refractivity contribution is -0.144. The molecular weight excluding hydrogens is 484 g/mol. The molecule has 1 aromatic carbocycles. The van der Waals surface area contributed by atoms with E-state index in [4.69, 9.17) is 10.5 Å². The number of rotatable bonds is 10. The van der Waals surface area contributed by atoms with Gasteiger partial charge in [-0.1, -0.05) is 57.0 Å². The van der Waals surface area contributed by atoms with Crippen molar-refractivity contribution >= 4 is 29.9 Å². The molecule has 208 valence electrons. The normalized spacial score (nSPS) is 20.9. The molecule has 4 atom stereocenters.